The lowest BCUT2D eigenvalue weighted by molar-refractivity contribution is 0.650. The van der Waals surface area contributed by atoms with Crippen LogP contribution in [0.3, 0.4) is 0 Å². The van der Waals surface area contributed by atoms with Gasteiger partial charge in [0, 0.05) is 0 Å². The van der Waals surface area contributed by atoms with Crippen molar-refractivity contribution in [1.29, 1.82) is 0 Å². The molecule has 70 valence electrons. The quantitative estimate of drug-likeness (QED) is 0.494. The van der Waals surface area contributed by atoms with Gasteiger partial charge in [-0.15, -0.1) is 0 Å². The first-order chi connectivity index (χ1) is 5.41. The molecule has 0 heterocycles. The van der Waals surface area contributed by atoms with Gasteiger partial charge in [0.15, 0.2) is 0 Å². The molecule has 0 bridgehead atoms. The Morgan fingerprint density at radius 1 is 1.50 bits per heavy atom. The molecule has 1 unspecified atom stereocenters. The maximum Gasteiger partial charge on any atom is 0.144 e. The third-order valence-electron chi connectivity index (χ3n) is 1.43. The molecule has 0 aromatic rings. The largest absolute Gasteiger partial charge is 0.234 e. The molecule has 0 spiro atoms. The molecule has 0 rings (SSSR count). The Labute approximate surface area is 78.1 Å². The maximum atomic E-state index is 11.5. The lowest BCUT2D eigenvalue weighted by Gasteiger charge is -2.13. The van der Waals surface area contributed by atoms with Crippen molar-refractivity contribution in [1.82, 2.24) is 0 Å². The summed E-state index contributed by atoms with van der Waals surface area (Å²) in [6.45, 7) is 11.5. The van der Waals surface area contributed by atoms with Gasteiger partial charge in [0.1, 0.15) is 17.4 Å². The van der Waals surface area contributed by atoms with E-state index < -0.39 is 11.0 Å². The van der Waals surface area contributed by atoms with E-state index >= 15 is 0 Å². The normalized spacial score (nSPS) is 16.2. The molecular formula is C9H18NOS+. The van der Waals surface area contributed by atoms with E-state index in [0.29, 0.717) is 6.42 Å². The fourth-order valence-electron chi connectivity index (χ4n) is 0.541. The zero-order chi connectivity index (χ0) is 9.78. The Morgan fingerprint density at radius 2 is 2.00 bits per heavy atom. The molecule has 0 amide bonds. The van der Waals surface area contributed by atoms with Crippen molar-refractivity contribution >= 4 is 16.7 Å². The zero-order valence-electron chi connectivity index (χ0n) is 8.39. The molecule has 0 aliphatic heterocycles. The number of nitrogens with zero attached hydrogens (tertiary/aromatic N) is 1. The molecule has 2 nitrogen and oxygen atoms in total. The minimum atomic E-state index is -1.12. The predicted octanol–water partition coefficient (Wildman–Crippen LogP) is 2.52. The van der Waals surface area contributed by atoms with E-state index in [-0.39, 0.29) is 4.75 Å². The highest BCUT2D eigenvalue weighted by atomic mass is 32.2. The average Bonchev–Trinajstić information content (AvgIpc) is 1.97. The molecule has 0 N–H and O–H groups in total. The van der Waals surface area contributed by atoms with E-state index in [9.17, 15) is 4.21 Å². The van der Waals surface area contributed by atoms with Crippen LogP contribution < -0.4 is 0 Å². The van der Waals surface area contributed by atoms with Gasteiger partial charge in [-0.3, -0.25) is 0 Å². The van der Waals surface area contributed by atoms with E-state index in [1.54, 1.807) is 0 Å². The van der Waals surface area contributed by atoms with Gasteiger partial charge in [0.25, 0.3) is 0 Å². The van der Waals surface area contributed by atoms with Crippen LogP contribution in [0, 0.1) is 6.92 Å². The van der Waals surface area contributed by atoms with Crippen molar-refractivity contribution in [3.8, 4) is 0 Å². The summed E-state index contributed by atoms with van der Waals surface area (Å²) < 4.78 is 15.3. The Balaban J connectivity index is 4.42. The highest BCUT2D eigenvalue weighted by Gasteiger charge is 2.19. The van der Waals surface area contributed by atoms with Gasteiger partial charge in [-0.2, -0.15) is 4.40 Å². The second-order valence-electron chi connectivity index (χ2n) is 3.62. The zero-order valence-corrected chi connectivity index (χ0v) is 9.20. The fraction of sp³-hybridized carbons (Fsp3) is 0.778. The Hall–Kier alpha value is -0.310. The Morgan fingerprint density at radius 3 is 2.25 bits per heavy atom. The van der Waals surface area contributed by atoms with Crippen molar-refractivity contribution in [3.63, 3.8) is 0 Å². The topological polar surface area (TPSA) is 29.4 Å². The number of hydrogen-bond donors (Lipinski definition) is 0. The van der Waals surface area contributed by atoms with E-state index in [1.165, 1.54) is 0 Å². The Bertz CT molecular complexity index is 185. The summed E-state index contributed by atoms with van der Waals surface area (Å²) in [7, 11) is -1.12. The molecule has 0 aromatic carbocycles. The first-order valence-corrected chi connectivity index (χ1v) is 5.30. The molecule has 3 heteroatoms. The van der Waals surface area contributed by atoms with Crippen LogP contribution in [0.2, 0.25) is 0 Å². The van der Waals surface area contributed by atoms with E-state index in [4.69, 9.17) is 0 Å². The summed E-state index contributed by atoms with van der Waals surface area (Å²) in [6, 6.07) is 0. The predicted molar refractivity (Wildman–Crippen MR) is 55.6 cm³/mol. The lowest BCUT2D eigenvalue weighted by Crippen LogP contribution is -2.20. The average molecular weight is 188 g/mol. The van der Waals surface area contributed by atoms with Crippen LogP contribution in [0.5, 0.6) is 0 Å². The number of rotatable bonds is 3. The van der Waals surface area contributed by atoms with E-state index in [2.05, 4.69) is 11.3 Å². The fourth-order valence-corrected chi connectivity index (χ4v) is 1.27. The second kappa shape index (κ2) is 4.65. The monoisotopic (exact) mass is 188 g/mol. The van der Waals surface area contributed by atoms with Crippen molar-refractivity contribution in [3.05, 3.63) is 6.92 Å². The summed E-state index contributed by atoms with van der Waals surface area (Å²) in [4.78, 5) is 0. The van der Waals surface area contributed by atoms with Gasteiger partial charge in [-0.25, -0.2) is 4.21 Å². The van der Waals surface area contributed by atoms with Gasteiger partial charge in [-0.1, -0.05) is 6.92 Å². The van der Waals surface area contributed by atoms with Crippen LogP contribution in [0.15, 0.2) is 4.40 Å². The second-order valence-corrected chi connectivity index (χ2v) is 5.53. The maximum absolute atomic E-state index is 11.5. The highest BCUT2D eigenvalue weighted by Crippen LogP contribution is 2.13. The van der Waals surface area contributed by atoms with E-state index in [0.717, 1.165) is 12.1 Å². The van der Waals surface area contributed by atoms with Crippen molar-refractivity contribution < 1.29 is 4.21 Å². The van der Waals surface area contributed by atoms with Crippen LogP contribution >= 0.6 is 0 Å². The van der Waals surface area contributed by atoms with Gasteiger partial charge in [0.2, 0.25) is 0 Å². The molecule has 0 aliphatic carbocycles. The van der Waals surface area contributed by atoms with Gasteiger partial charge in [0.05, 0.1) is 17.4 Å². The van der Waals surface area contributed by atoms with Crippen molar-refractivity contribution in [2.24, 2.45) is 4.40 Å². The van der Waals surface area contributed by atoms with Crippen LogP contribution in [0.4, 0.5) is 0 Å². The molecule has 0 saturated carbocycles. The Kier molecular flexibility index (Phi) is 4.53. The van der Waals surface area contributed by atoms with Crippen LogP contribution in [-0.4, -0.2) is 14.7 Å². The van der Waals surface area contributed by atoms with Gasteiger partial charge < -0.3 is 0 Å². The SMILES string of the molecule is [CH2+]C/C(CC)=N/S(=O)C(C)(C)C. The van der Waals surface area contributed by atoms with Gasteiger partial charge in [-0.05, 0) is 27.2 Å². The molecule has 0 aromatic heterocycles. The minimum absolute atomic E-state index is 0.254. The van der Waals surface area contributed by atoms with Gasteiger partial charge >= 0.3 is 0 Å². The van der Waals surface area contributed by atoms with E-state index in [1.807, 2.05) is 27.7 Å². The molecular weight excluding hydrogens is 170 g/mol. The smallest absolute Gasteiger partial charge is 0.144 e. The van der Waals surface area contributed by atoms with Crippen LogP contribution in [0.1, 0.15) is 40.5 Å². The molecule has 12 heavy (non-hydrogen) atoms. The standard InChI is InChI=1S/C9H18NOS/c1-6-8(7-2)10-12(11)9(3,4)5/h1,6-7H2,2-5H3/q+1/b10-8-. The molecule has 0 radical (unpaired) electrons. The number of hydrogen-bond acceptors (Lipinski definition) is 1. The third-order valence-corrected chi connectivity index (χ3v) is 2.90. The minimum Gasteiger partial charge on any atom is -0.234 e. The molecule has 0 fully saturated rings. The van der Waals surface area contributed by atoms with Crippen LogP contribution in [0.25, 0.3) is 0 Å². The lowest BCUT2D eigenvalue weighted by atomic mass is 10.2. The summed E-state index contributed by atoms with van der Waals surface area (Å²) in [5.74, 6) is 0. The van der Waals surface area contributed by atoms with Crippen molar-refractivity contribution in [2.45, 2.75) is 45.3 Å². The first-order valence-electron chi connectivity index (χ1n) is 4.19. The summed E-state index contributed by atoms with van der Waals surface area (Å²) >= 11 is 0. The van der Waals surface area contributed by atoms with Crippen LogP contribution in [-0.2, 0) is 11.0 Å². The molecule has 1 atom stereocenters. The molecule has 0 saturated heterocycles. The summed E-state index contributed by atoms with van der Waals surface area (Å²) in [6.07, 6.45) is 1.49. The summed E-state index contributed by atoms with van der Waals surface area (Å²) in [5.41, 5.74) is 0.934. The first kappa shape index (κ1) is 11.7. The molecule has 0 aliphatic rings. The summed E-state index contributed by atoms with van der Waals surface area (Å²) in [5, 5.41) is 0. The van der Waals surface area contributed by atoms with Crippen molar-refractivity contribution in [2.75, 3.05) is 0 Å². The third kappa shape index (κ3) is 3.90. The highest BCUT2D eigenvalue weighted by molar-refractivity contribution is 7.85.